The Hall–Kier alpha value is -1.41. The van der Waals surface area contributed by atoms with Crippen LogP contribution in [0.2, 0.25) is 0 Å². The van der Waals surface area contributed by atoms with E-state index in [2.05, 4.69) is 29.0 Å². The first kappa shape index (κ1) is 20.6. The van der Waals surface area contributed by atoms with Crippen LogP contribution in [0.15, 0.2) is 4.90 Å². The number of hydrogen-bond acceptors (Lipinski definition) is 4. The van der Waals surface area contributed by atoms with Crippen LogP contribution in [0.1, 0.15) is 52.4 Å². The van der Waals surface area contributed by atoms with Crippen LogP contribution < -0.4 is 10.0 Å². The van der Waals surface area contributed by atoms with Gasteiger partial charge in [0.1, 0.15) is 11.4 Å². The molecule has 2 N–H and O–H groups in total. The first-order chi connectivity index (χ1) is 10.8. The lowest BCUT2D eigenvalue weighted by Crippen LogP contribution is -2.40. The van der Waals surface area contributed by atoms with Gasteiger partial charge in [-0.15, -0.1) is 0 Å². The average Bonchev–Trinajstić information content (AvgIpc) is 2.61. The number of carbonyl (C=O) groups is 1. The minimum Gasteiger partial charge on any atom is -0.354 e. The number of aromatic nitrogens is 2. The van der Waals surface area contributed by atoms with Crippen molar-refractivity contribution in [1.82, 2.24) is 19.8 Å². The summed E-state index contributed by atoms with van der Waals surface area (Å²) in [6, 6.07) is 0. The van der Waals surface area contributed by atoms with Crippen molar-refractivity contribution in [3.8, 4) is 0 Å². The van der Waals surface area contributed by atoms with E-state index in [9.17, 15) is 13.2 Å². The summed E-state index contributed by atoms with van der Waals surface area (Å²) in [4.78, 5) is 12.2. The molecule has 0 saturated carbocycles. The van der Waals surface area contributed by atoms with E-state index >= 15 is 0 Å². The molecule has 8 heteroatoms. The Morgan fingerprint density at radius 1 is 1.25 bits per heavy atom. The molecule has 1 aromatic heterocycles. The summed E-state index contributed by atoms with van der Waals surface area (Å²) < 4.78 is 29.2. The maximum absolute atomic E-state index is 12.6. The molecule has 0 unspecified atom stereocenters. The van der Waals surface area contributed by atoms with Crippen LogP contribution in [0, 0.1) is 19.8 Å². The van der Waals surface area contributed by atoms with E-state index in [4.69, 9.17) is 0 Å². The van der Waals surface area contributed by atoms with Crippen molar-refractivity contribution >= 4 is 15.9 Å². The lowest BCUT2D eigenvalue weighted by Gasteiger charge is -2.20. The monoisotopic (exact) mass is 358 g/mol. The molecule has 0 bridgehead atoms. The second-order valence-electron chi connectivity index (χ2n) is 7.55. The highest BCUT2D eigenvalue weighted by Crippen LogP contribution is 2.21. The van der Waals surface area contributed by atoms with Gasteiger partial charge in [0.05, 0.1) is 11.4 Å². The molecule has 0 aliphatic carbocycles. The molecule has 0 spiro atoms. The third-order valence-corrected chi connectivity index (χ3v) is 5.37. The molecule has 1 amide bonds. The molecule has 0 aliphatic rings. The van der Waals surface area contributed by atoms with Gasteiger partial charge in [-0.25, -0.2) is 13.1 Å². The zero-order chi connectivity index (χ0) is 18.7. The van der Waals surface area contributed by atoms with E-state index < -0.39 is 15.6 Å². The van der Waals surface area contributed by atoms with E-state index in [1.54, 1.807) is 34.6 Å². The van der Waals surface area contributed by atoms with E-state index in [0.29, 0.717) is 23.9 Å². The van der Waals surface area contributed by atoms with Gasteiger partial charge in [0.25, 0.3) is 0 Å². The fourth-order valence-corrected chi connectivity index (χ4v) is 4.20. The van der Waals surface area contributed by atoms with Gasteiger partial charge in [-0.05, 0) is 47.0 Å². The molecule has 7 nitrogen and oxygen atoms in total. The summed E-state index contributed by atoms with van der Waals surface area (Å²) in [7, 11) is -3.69. The molecular weight excluding hydrogens is 328 g/mol. The number of nitrogens with one attached hydrogen (secondary N) is 2. The highest BCUT2D eigenvalue weighted by atomic mass is 32.2. The van der Waals surface area contributed by atoms with E-state index in [1.165, 1.54) is 4.68 Å². The number of carbonyl (C=O) groups excluding carboxylic acids is 1. The van der Waals surface area contributed by atoms with Gasteiger partial charge in [-0.1, -0.05) is 13.8 Å². The summed E-state index contributed by atoms with van der Waals surface area (Å²) >= 11 is 0. The Labute approximate surface area is 145 Å². The van der Waals surface area contributed by atoms with Gasteiger partial charge in [0.2, 0.25) is 15.9 Å². The number of rotatable bonds is 7. The third kappa shape index (κ3) is 5.90. The second kappa shape index (κ2) is 7.65. The van der Waals surface area contributed by atoms with Crippen molar-refractivity contribution < 1.29 is 13.2 Å². The molecule has 0 atom stereocenters. The Morgan fingerprint density at radius 2 is 1.83 bits per heavy atom. The molecule has 24 heavy (non-hydrogen) atoms. The van der Waals surface area contributed by atoms with Gasteiger partial charge in [-0.2, -0.15) is 5.10 Å². The molecule has 0 aliphatic heterocycles. The fourth-order valence-electron chi connectivity index (χ4n) is 2.37. The zero-order valence-electron chi connectivity index (χ0n) is 15.7. The Balaban J connectivity index is 2.93. The van der Waals surface area contributed by atoms with Crippen LogP contribution in [-0.4, -0.2) is 36.2 Å². The highest BCUT2D eigenvalue weighted by molar-refractivity contribution is 7.89. The number of aryl methyl sites for hydroxylation is 1. The van der Waals surface area contributed by atoms with E-state index in [1.807, 2.05) is 0 Å². The molecule has 138 valence electrons. The maximum Gasteiger partial charge on any atom is 0.244 e. The summed E-state index contributed by atoms with van der Waals surface area (Å²) in [5.41, 5.74) is 0.260. The Morgan fingerprint density at radius 3 is 2.33 bits per heavy atom. The van der Waals surface area contributed by atoms with Crippen LogP contribution in [-0.2, 0) is 21.4 Å². The topological polar surface area (TPSA) is 93.1 Å². The third-order valence-electron chi connectivity index (χ3n) is 3.36. The number of sulfonamides is 1. The number of amides is 1. The standard InChI is InChI=1S/C16H30N4O3S/c1-11(2)8-9-17-14(21)10-20-13(4)15(12(3)18-20)24(22,23)19-16(5,6)7/h11,19H,8-10H2,1-7H3,(H,17,21). The first-order valence-electron chi connectivity index (χ1n) is 8.18. The molecule has 0 aromatic carbocycles. The quantitative estimate of drug-likeness (QED) is 0.776. The minimum atomic E-state index is -3.69. The summed E-state index contributed by atoms with van der Waals surface area (Å²) in [5.74, 6) is 0.341. The first-order valence-corrected chi connectivity index (χ1v) is 9.66. The van der Waals surface area contributed by atoms with Gasteiger partial charge >= 0.3 is 0 Å². The van der Waals surface area contributed by atoms with Crippen molar-refractivity contribution in [3.05, 3.63) is 11.4 Å². The van der Waals surface area contributed by atoms with Gasteiger partial charge in [0, 0.05) is 12.1 Å². The lowest BCUT2D eigenvalue weighted by molar-refractivity contribution is -0.121. The molecule has 0 fully saturated rings. The summed E-state index contributed by atoms with van der Waals surface area (Å²) in [6.45, 7) is 13.4. The van der Waals surface area contributed by atoms with E-state index in [-0.39, 0.29) is 17.3 Å². The highest BCUT2D eigenvalue weighted by Gasteiger charge is 2.28. The van der Waals surface area contributed by atoms with Crippen LogP contribution >= 0.6 is 0 Å². The average molecular weight is 359 g/mol. The van der Waals surface area contributed by atoms with Gasteiger partial charge in [-0.3, -0.25) is 9.48 Å². The molecule has 0 saturated heterocycles. The van der Waals surface area contributed by atoms with Crippen LogP contribution in [0.3, 0.4) is 0 Å². The molecule has 1 aromatic rings. The second-order valence-corrected chi connectivity index (χ2v) is 9.16. The smallest absolute Gasteiger partial charge is 0.244 e. The number of nitrogens with zero attached hydrogens (tertiary/aromatic N) is 2. The van der Waals surface area contributed by atoms with Crippen molar-refractivity contribution in [2.45, 2.75) is 71.9 Å². The SMILES string of the molecule is Cc1nn(CC(=O)NCCC(C)C)c(C)c1S(=O)(=O)NC(C)(C)C. The number of hydrogen-bond donors (Lipinski definition) is 2. The van der Waals surface area contributed by atoms with Crippen molar-refractivity contribution in [2.24, 2.45) is 5.92 Å². The van der Waals surface area contributed by atoms with Crippen LogP contribution in [0.25, 0.3) is 0 Å². The zero-order valence-corrected chi connectivity index (χ0v) is 16.5. The van der Waals surface area contributed by atoms with Crippen LogP contribution in [0.5, 0.6) is 0 Å². The Kier molecular flexibility index (Phi) is 6.58. The summed E-state index contributed by atoms with van der Waals surface area (Å²) in [6.07, 6.45) is 0.901. The normalized spacial score (nSPS) is 12.7. The maximum atomic E-state index is 12.6. The molecule has 0 radical (unpaired) electrons. The van der Waals surface area contributed by atoms with Gasteiger partial charge in [0.15, 0.2) is 0 Å². The van der Waals surface area contributed by atoms with Crippen molar-refractivity contribution in [3.63, 3.8) is 0 Å². The van der Waals surface area contributed by atoms with Crippen molar-refractivity contribution in [1.29, 1.82) is 0 Å². The Bertz CT molecular complexity index is 685. The van der Waals surface area contributed by atoms with Gasteiger partial charge < -0.3 is 5.32 Å². The predicted octanol–water partition coefficient (Wildman–Crippen LogP) is 1.74. The minimum absolute atomic E-state index is 0.00973. The van der Waals surface area contributed by atoms with Crippen molar-refractivity contribution in [2.75, 3.05) is 6.54 Å². The van der Waals surface area contributed by atoms with Crippen LogP contribution in [0.4, 0.5) is 0 Å². The molecule has 1 rings (SSSR count). The summed E-state index contributed by atoms with van der Waals surface area (Å²) in [5, 5.41) is 7.06. The predicted molar refractivity (Wildman–Crippen MR) is 94.2 cm³/mol. The largest absolute Gasteiger partial charge is 0.354 e. The molecule has 1 heterocycles. The van der Waals surface area contributed by atoms with E-state index in [0.717, 1.165) is 6.42 Å². The fraction of sp³-hybridized carbons (Fsp3) is 0.750. The lowest BCUT2D eigenvalue weighted by atomic mass is 10.1. The molecular formula is C16H30N4O3S.